The van der Waals surface area contributed by atoms with Crippen molar-refractivity contribution in [3.63, 3.8) is 0 Å². The fourth-order valence-corrected chi connectivity index (χ4v) is 1.84. The van der Waals surface area contributed by atoms with Crippen molar-refractivity contribution in [2.75, 3.05) is 0 Å². The van der Waals surface area contributed by atoms with Crippen LogP contribution in [0.4, 0.5) is 0 Å². The van der Waals surface area contributed by atoms with Crippen LogP contribution < -0.4 is 16.0 Å². The zero-order valence-corrected chi connectivity index (χ0v) is 12.6. The first kappa shape index (κ1) is 17.2. The van der Waals surface area contributed by atoms with Gasteiger partial charge in [0.2, 0.25) is 0 Å². The summed E-state index contributed by atoms with van der Waals surface area (Å²) in [4.78, 5) is 36.2. The van der Waals surface area contributed by atoms with Crippen LogP contribution in [0.3, 0.4) is 0 Å². The Morgan fingerprint density at radius 2 is 0.810 bits per heavy atom. The van der Waals surface area contributed by atoms with E-state index < -0.39 is 18.5 Å². The van der Waals surface area contributed by atoms with Crippen LogP contribution in [0, 0.1) is 0 Å². The first-order chi connectivity index (χ1) is 9.65. The summed E-state index contributed by atoms with van der Waals surface area (Å²) in [5.74, 6) is -0.929. The maximum atomic E-state index is 12.1. The number of hydrogen-bond donors (Lipinski definition) is 3. The minimum atomic E-state index is -0.870. The average Bonchev–Trinajstić information content (AvgIpc) is 2.43. The predicted octanol–water partition coefficient (Wildman–Crippen LogP) is 0.183. The lowest BCUT2D eigenvalue weighted by Gasteiger charge is -2.36. The van der Waals surface area contributed by atoms with Gasteiger partial charge in [-0.2, -0.15) is 0 Å². The third kappa shape index (κ3) is 4.04. The smallest absolute Gasteiger partial charge is 0.189 e. The molecular formula is C15H21N3O3. The first-order valence-electron chi connectivity index (χ1n) is 6.52. The van der Waals surface area contributed by atoms with Crippen molar-refractivity contribution in [3.8, 4) is 0 Å². The van der Waals surface area contributed by atoms with Crippen molar-refractivity contribution in [1.29, 1.82) is 0 Å². The lowest BCUT2D eigenvalue weighted by Crippen LogP contribution is -2.73. The van der Waals surface area contributed by atoms with Crippen molar-refractivity contribution in [1.82, 2.24) is 16.0 Å². The summed E-state index contributed by atoms with van der Waals surface area (Å²) in [6.07, 6.45) is -2.61. The largest absolute Gasteiger partial charge is 0.291 e. The highest BCUT2D eigenvalue weighted by molar-refractivity contribution is 6.04. The Bertz CT molecular complexity index is 454. The molecule has 6 nitrogen and oxygen atoms in total. The maximum Gasteiger partial charge on any atom is 0.189 e. The number of ketones is 3. The van der Waals surface area contributed by atoms with Gasteiger partial charge in [0, 0.05) is 0 Å². The van der Waals surface area contributed by atoms with E-state index in [-0.39, 0.29) is 17.3 Å². The van der Waals surface area contributed by atoms with Crippen molar-refractivity contribution >= 4 is 17.3 Å². The molecule has 0 aliphatic carbocycles. The molecule has 0 saturated carbocycles. The van der Waals surface area contributed by atoms with E-state index in [4.69, 9.17) is 0 Å². The van der Waals surface area contributed by atoms with E-state index in [0.717, 1.165) is 0 Å². The van der Waals surface area contributed by atoms with Crippen molar-refractivity contribution in [3.05, 3.63) is 36.5 Å². The monoisotopic (exact) mass is 291 g/mol. The van der Waals surface area contributed by atoms with Crippen LogP contribution >= 0.6 is 0 Å². The standard InChI is InChI=1S/C15H21N3O3/c1-7(2)10(19)13-16-14(11(20)8(3)4)18-15(17-13)12(21)9(5)6/h13-18H,1,3,5H2,2,4,6H3. The highest BCUT2D eigenvalue weighted by Crippen LogP contribution is 2.07. The first-order valence-corrected chi connectivity index (χ1v) is 6.52. The summed E-state index contributed by atoms with van der Waals surface area (Å²) in [6.45, 7) is 15.5. The molecule has 0 aromatic heterocycles. The molecule has 0 unspecified atom stereocenters. The Kier molecular flexibility index (Phi) is 5.48. The topological polar surface area (TPSA) is 87.3 Å². The number of carbonyl (C=O) groups is 3. The van der Waals surface area contributed by atoms with Gasteiger partial charge in [-0.3, -0.25) is 30.3 Å². The van der Waals surface area contributed by atoms with Gasteiger partial charge in [0.05, 0.1) is 0 Å². The van der Waals surface area contributed by atoms with Gasteiger partial charge in [-0.1, -0.05) is 19.7 Å². The number of rotatable bonds is 6. The van der Waals surface area contributed by atoms with Crippen LogP contribution in [0.25, 0.3) is 0 Å². The highest BCUT2D eigenvalue weighted by atomic mass is 16.1. The molecule has 1 aliphatic rings. The second-order valence-electron chi connectivity index (χ2n) is 5.23. The van der Waals surface area contributed by atoms with Gasteiger partial charge in [-0.05, 0) is 37.5 Å². The van der Waals surface area contributed by atoms with Crippen molar-refractivity contribution in [2.45, 2.75) is 39.3 Å². The Balaban J connectivity index is 3.03. The molecule has 0 aromatic carbocycles. The van der Waals surface area contributed by atoms with E-state index in [1.807, 2.05) is 0 Å². The highest BCUT2D eigenvalue weighted by Gasteiger charge is 2.37. The fourth-order valence-electron chi connectivity index (χ4n) is 1.84. The molecule has 0 radical (unpaired) electrons. The van der Waals surface area contributed by atoms with Gasteiger partial charge < -0.3 is 0 Å². The molecule has 1 saturated heterocycles. The van der Waals surface area contributed by atoms with Gasteiger partial charge in [-0.15, -0.1) is 0 Å². The zero-order valence-electron chi connectivity index (χ0n) is 12.6. The molecule has 3 N–H and O–H groups in total. The molecule has 0 atom stereocenters. The molecule has 1 rings (SSSR count). The average molecular weight is 291 g/mol. The summed E-state index contributed by atoms with van der Waals surface area (Å²) in [7, 11) is 0. The summed E-state index contributed by atoms with van der Waals surface area (Å²) in [5, 5.41) is 8.44. The molecule has 0 spiro atoms. The van der Waals surface area contributed by atoms with Crippen molar-refractivity contribution < 1.29 is 14.4 Å². The number of nitrogens with one attached hydrogen (secondary N) is 3. The van der Waals surface area contributed by atoms with E-state index in [1.54, 1.807) is 20.8 Å². The summed E-state index contributed by atoms with van der Waals surface area (Å²) in [6, 6.07) is 0. The lowest BCUT2D eigenvalue weighted by atomic mass is 10.0. The second-order valence-corrected chi connectivity index (χ2v) is 5.23. The summed E-state index contributed by atoms with van der Waals surface area (Å²) >= 11 is 0. The van der Waals surface area contributed by atoms with Gasteiger partial charge in [0.15, 0.2) is 17.3 Å². The van der Waals surface area contributed by atoms with Crippen LogP contribution in [-0.2, 0) is 14.4 Å². The maximum absolute atomic E-state index is 12.1. The van der Waals surface area contributed by atoms with E-state index >= 15 is 0 Å². The van der Waals surface area contributed by atoms with Gasteiger partial charge in [0.25, 0.3) is 0 Å². The van der Waals surface area contributed by atoms with E-state index in [0.29, 0.717) is 16.7 Å². The fraction of sp³-hybridized carbons (Fsp3) is 0.400. The molecule has 1 heterocycles. The molecule has 0 amide bonds. The van der Waals surface area contributed by atoms with E-state index in [2.05, 4.69) is 35.7 Å². The Morgan fingerprint density at radius 1 is 0.619 bits per heavy atom. The number of Topliss-reactive ketones (excluding diaryl/α,β-unsaturated/α-hetero) is 3. The number of carbonyl (C=O) groups excluding carboxylic acids is 3. The van der Waals surface area contributed by atoms with E-state index in [1.165, 1.54) is 0 Å². The summed E-state index contributed by atoms with van der Waals surface area (Å²) < 4.78 is 0. The number of hydrogen-bond acceptors (Lipinski definition) is 6. The molecule has 0 aromatic rings. The third-order valence-electron chi connectivity index (χ3n) is 3.05. The predicted molar refractivity (Wildman–Crippen MR) is 80.2 cm³/mol. The molecule has 0 bridgehead atoms. The quantitative estimate of drug-likeness (QED) is 0.605. The molecule has 21 heavy (non-hydrogen) atoms. The minimum Gasteiger partial charge on any atom is -0.291 e. The lowest BCUT2D eigenvalue weighted by molar-refractivity contribution is -0.126. The molecule has 1 aliphatic heterocycles. The molecular weight excluding hydrogens is 270 g/mol. The van der Waals surface area contributed by atoms with Crippen LogP contribution in [0.5, 0.6) is 0 Å². The Morgan fingerprint density at radius 3 is 0.952 bits per heavy atom. The Hall–Kier alpha value is -1.89. The van der Waals surface area contributed by atoms with Crippen LogP contribution in [0.15, 0.2) is 36.5 Å². The molecule has 114 valence electrons. The molecule has 1 fully saturated rings. The zero-order chi connectivity index (χ0) is 16.3. The van der Waals surface area contributed by atoms with Gasteiger partial charge in [-0.25, -0.2) is 0 Å². The van der Waals surface area contributed by atoms with E-state index in [9.17, 15) is 14.4 Å². The van der Waals surface area contributed by atoms with Crippen LogP contribution in [0.1, 0.15) is 20.8 Å². The van der Waals surface area contributed by atoms with Gasteiger partial charge >= 0.3 is 0 Å². The van der Waals surface area contributed by atoms with Crippen molar-refractivity contribution in [2.24, 2.45) is 0 Å². The SMILES string of the molecule is C=C(C)C(=O)C1NC(C(=O)C(=C)C)NC(C(=O)C(=C)C)N1. The second kappa shape index (κ2) is 6.71. The minimum absolute atomic E-state index is 0.310. The van der Waals surface area contributed by atoms with Crippen LogP contribution in [-0.4, -0.2) is 35.8 Å². The third-order valence-corrected chi connectivity index (χ3v) is 3.05. The normalized spacial score (nSPS) is 25.0. The summed E-state index contributed by atoms with van der Waals surface area (Å²) in [5.41, 5.74) is 0.972. The Labute approximate surface area is 124 Å². The molecule has 6 heteroatoms. The van der Waals surface area contributed by atoms with Gasteiger partial charge in [0.1, 0.15) is 18.5 Å². The van der Waals surface area contributed by atoms with Crippen LogP contribution in [0.2, 0.25) is 0 Å².